The van der Waals surface area contributed by atoms with Crippen LogP contribution in [0.3, 0.4) is 0 Å². The minimum absolute atomic E-state index is 0.0291. The molecule has 1 heterocycles. The van der Waals surface area contributed by atoms with Crippen molar-refractivity contribution in [1.29, 1.82) is 0 Å². The third-order valence-corrected chi connectivity index (χ3v) is 12.3. The fourth-order valence-corrected chi connectivity index (χ4v) is 5.62. The number of hydrogen-bond donors (Lipinski definition) is 1. The molecule has 3 rings (SSSR count). The largest absolute Gasteiger partial charge is 0.478 e. The molecule has 0 fully saturated rings. The van der Waals surface area contributed by atoms with Crippen LogP contribution in [0.1, 0.15) is 66.3 Å². The van der Waals surface area contributed by atoms with Crippen molar-refractivity contribution in [1.82, 2.24) is 4.90 Å². The Morgan fingerprint density at radius 3 is 2.50 bits per heavy atom. The summed E-state index contributed by atoms with van der Waals surface area (Å²) in [6.45, 7) is 15.3. The third-order valence-electron chi connectivity index (χ3n) is 7.42. The highest BCUT2D eigenvalue weighted by Crippen LogP contribution is 2.39. The van der Waals surface area contributed by atoms with Gasteiger partial charge in [-0.05, 0) is 67.2 Å². The van der Waals surface area contributed by atoms with E-state index in [-0.39, 0.29) is 29.4 Å². The lowest BCUT2D eigenvalue weighted by Gasteiger charge is -2.44. The fourth-order valence-electron chi connectivity index (χ4n) is 4.40. The Morgan fingerprint density at radius 1 is 1.21 bits per heavy atom. The highest BCUT2D eigenvalue weighted by atomic mass is 35.5. The van der Waals surface area contributed by atoms with E-state index < -0.39 is 14.3 Å². The van der Waals surface area contributed by atoms with Gasteiger partial charge in [-0.15, -0.1) is 0 Å². The van der Waals surface area contributed by atoms with Crippen molar-refractivity contribution in [3.8, 4) is 0 Å². The van der Waals surface area contributed by atoms with Gasteiger partial charge in [0, 0.05) is 5.02 Å². The Bertz CT molecular complexity index is 1090. The summed E-state index contributed by atoms with van der Waals surface area (Å²) in [6, 6.07) is 10.5. The average molecular weight is 502 g/mol. The Morgan fingerprint density at radius 2 is 1.88 bits per heavy atom. The second kappa shape index (κ2) is 9.84. The van der Waals surface area contributed by atoms with Crippen molar-refractivity contribution in [3.05, 3.63) is 69.2 Å². The first-order valence-electron chi connectivity index (χ1n) is 11.8. The summed E-state index contributed by atoms with van der Waals surface area (Å²) in [4.78, 5) is 27.5. The van der Waals surface area contributed by atoms with Crippen LogP contribution in [0.4, 0.5) is 0 Å². The van der Waals surface area contributed by atoms with E-state index >= 15 is 0 Å². The maximum absolute atomic E-state index is 13.7. The standard InChI is InChI=1S/C27H36ClNO4Si/c1-17-11-12-24(28)19(13-17)14-25(30)29-18(2)21-9-8-10-22(26(31)32)23(21)15-20(29)16-33-34(6,7)27(3,4)5/h8-13,18,20H,14-16H2,1-7H3,(H,31,32)/t18-,20+/m0/s1. The van der Waals surface area contributed by atoms with Crippen LogP contribution in [0.2, 0.25) is 23.2 Å². The number of carboxylic acids is 1. The molecule has 5 nitrogen and oxygen atoms in total. The average Bonchev–Trinajstić information content (AvgIpc) is 2.73. The number of amides is 1. The van der Waals surface area contributed by atoms with Crippen LogP contribution in [-0.4, -0.2) is 42.8 Å². The van der Waals surface area contributed by atoms with Gasteiger partial charge in [-0.2, -0.15) is 0 Å². The van der Waals surface area contributed by atoms with Crippen molar-refractivity contribution in [2.24, 2.45) is 0 Å². The number of aryl methyl sites for hydroxylation is 1. The normalized spacial score (nSPS) is 18.5. The molecule has 0 spiro atoms. The maximum Gasteiger partial charge on any atom is 0.335 e. The van der Waals surface area contributed by atoms with Gasteiger partial charge >= 0.3 is 5.97 Å². The molecule has 2 aromatic rings. The Labute approximate surface area is 209 Å². The molecular weight excluding hydrogens is 466 g/mol. The van der Waals surface area contributed by atoms with Crippen molar-refractivity contribution >= 4 is 31.8 Å². The molecule has 0 bridgehead atoms. The first kappa shape index (κ1) is 26.5. The molecule has 184 valence electrons. The molecule has 7 heteroatoms. The van der Waals surface area contributed by atoms with Crippen molar-refractivity contribution in [3.63, 3.8) is 0 Å². The number of hydrogen-bond acceptors (Lipinski definition) is 3. The van der Waals surface area contributed by atoms with Gasteiger partial charge in [-0.25, -0.2) is 4.79 Å². The molecule has 0 saturated carbocycles. The quantitative estimate of drug-likeness (QED) is 0.463. The van der Waals surface area contributed by atoms with Gasteiger partial charge in [0.05, 0.1) is 30.7 Å². The summed E-state index contributed by atoms with van der Waals surface area (Å²) in [5.74, 6) is -0.977. The van der Waals surface area contributed by atoms with E-state index in [0.29, 0.717) is 23.6 Å². The van der Waals surface area contributed by atoms with Gasteiger partial charge < -0.3 is 14.4 Å². The van der Waals surface area contributed by atoms with Gasteiger partial charge in [0.2, 0.25) is 5.91 Å². The molecule has 2 atom stereocenters. The number of benzene rings is 2. The van der Waals surface area contributed by atoms with Crippen LogP contribution < -0.4 is 0 Å². The number of carboxylic acid groups (broad SMARTS) is 1. The molecule has 0 aliphatic carbocycles. The minimum atomic E-state index is -2.07. The Kier molecular flexibility index (Phi) is 7.65. The van der Waals surface area contributed by atoms with Crippen LogP contribution in [0.15, 0.2) is 36.4 Å². The summed E-state index contributed by atoms with van der Waals surface area (Å²) in [6.07, 6.45) is 0.638. The number of fused-ring (bicyclic) bond motifs is 1. The van der Waals surface area contributed by atoms with Gasteiger partial charge in [0.25, 0.3) is 0 Å². The lowest BCUT2D eigenvalue weighted by atomic mass is 9.85. The van der Waals surface area contributed by atoms with E-state index in [2.05, 4.69) is 33.9 Å². The summed E-state index contributed by atoms with van der Waals surface area (Å²) >= 11 is 6.40. The Balaban J connectivity index is 1.99. The van der Waals surface area contributed by atoms with E-state index in [4.69, 9.17) is 16.0 Å². The second-order valence-electron chi connectivity index (χ2n) is 10.9. The zero-order valence-electron chi connectivity index (χ0n) is 21.2. The van der Waals surface area contributed by atoms with Gasteiger partial charge in [-0.3, -0.25) is 4.79 Å². The third kappa shape index (κ3) is 5.40. The van der Waals surface area contributed by atoms with E-state index in [1.165, 1.54) is 0 Å². The molecule has 1 aliphatic heterocycles. The molecule has 0 aromatic heterocycles. The van der Waals surface area contributed by atoms with E-state index in [0.717, 1.165) is 22.3 Å². The van der Waals surface area contributed by atoms with Crippen LogP contribution >= 0.6 is 11.6 Å². The molecule has 0 unspecified atom stereocenters. The van der Waals surface area contributed by atoms with E-state index in [9.17, 15) is 14.7 Å². The zero-order chi connectivity index (χ0) is 25.4. The summed E-state index contributed by atoms with van der Waals surface area (Å²) in [7, 11) is -2.07. The van der Waals surface area contributed by atoms with Crippen molar-refractivity contribution < 1.29 is 19.1 Å². The SMILES string of the molecule is Cc1ccc(Cl)c(CC(=O)N2[C@@H](CO[Si](C)(C)C(C)(C)C)Cc3c(C(=O)O)cccc3[C@@H]2C)c1. The fraction of sp³-hybridized carbons (Fsp3) is 0.481. The molecule has 34 heavy (non-hydrogen) atoms. The molecule has 1 aliphatic rings. The number of carbonyl (C=O) groups excluding carboxylic acids is 1. The molecule has 2 aromatic carbocycles. The first-order valence-corrected chi connectivity index (χ1v) is 15.1. The first-order chi connectivity index (χ1) is 15.7. The zero-order valence-corrected chi connectivity index (χ0v) is 23.0. The highest BCUT2D eigenvalue weighted by Gasteiger charge is 2.41. The predicted molar refractivity (Wildman–Crippen MR) is 139 cm³/mol. The van der Waals surface area contributed by atoms with Crippen LogP contribution in [0, 0.1) is 6.92 Å². The van der Waals surface area contributed by atoms with E-state index in [1.54, 1.807) is 12.1 Å². The molecule has 0 saturated heterocycles. The Hall–Kier alpha value is -2.15. The maximum atomic E-state index is 13.7. The number of rotatable bonds is 6. The van der Waals surface area contributed by atoms with Gasteiger partial charge in [0.15, 0.2) is 8.32 Å². The number of halogens is 1. The smallest absolute Gasteiger partial charge is 0.335 e. The highest BCUT2D eigenvalue weighted by molar-refractivity contribution is 6.74. The lowest BCUT2D eigenvalue weighted by molar-refractivity contribution is -0.137. The molecule has 0 radical (unpaired) electrons. The van der Waals surface area contributed by atoms with Crippen molar-refractivity contribution in [2.45, 2.75) is 77.7 Å². The van der Waals surface area contributed by atoms with Crippen LogP contribution in [-0.2, 0) is 22.1 Å². The lowest BCUT2D eigenvalue weighted by Crippen LogP contribution is -2.52. The predicted octanol–water partition coefficient (Wildman–Crippen LogP) is 6.43. The van der Waals surface area contributed by atoms with Crippen molar-refractivity contribution in [2.75, 3.05) is 6.61 Å². The number of carbonyl (C=O) groups is 2. The summed E-state index contributed by atoms with van der Waals surface area (Å²) in [5, 5.41) is 10.4. The summed E-state index contributed by atoms with van der Waals surface area (Å²) < 4.78 is 6.54. The summed E-state index contributed by atoms with van der Waals surface area (Å²) in [5.41, 5.74) is 3.83. The minimum Gasteiger partial charge on any atom is -0.478 e. The van der Waals surface area contributed by atoms with Crippen LogP contribution in [0.5, 0.6) is 0 Å². The van der Waals surface area contributed by atoms with Gasteiger partial charge in [-0.1, -0.05) is 62.2 Å². The molecule has 1 N–H and O–H groups in total. The number of aromatic carboxylic acids is 1. The monoisotopic (exact) mass is 501 g/mol. The van der Waals surface area contributed by atoms with E-state index in [1.807, 2.05) is 43.0 Å². The second-order valence-corrected chi connectivity index (χ2v) is 16.1. The van der Waals surface area contributed by atoms with Gasteiger partial charge in [0.1, 0.15) is 0 Å². The topological polar surface area (TPSA) is 66.8 Å². The number of nitrogens with zero attached hydrogens (tertiary/aromatic N) is 1. The van der Waals surface area contributed by atoms with Crippen LogP contribution in [0.25, 0.3) is 0 Å². The molecular formula is C27H36ClNO4Si. The molecule has 1 amide bonds.